The molecule has 0 N–H and O–H groups in total. The van der Waals surface area contributed by atoms with Gasteiger partial charge >= 0.3 is 5.97 Å². The Morgan fingerprint density at radius 3 is 2.26 bits per heavy atom. The van der Waals surface area contributed by atoms with Gasteiger partial charge in [-0.3, -0.25) is 0 Å². The lowest BCUT2D eigenvalue weighted by molar-refractivity contribution is 0.0599. The Morgan fingerprint density at radius 1 is 1.21 bits per heavy atom. The number of methoxy groups -OCH3 is 1. The average Bonchev–Trinajstić information content (AvgIpc) is 3.05. The maximum Gasteiger partial charge on any atom is 0.339 e. The van der Waals surface area contributed by atoms with E-state index in [2.05, 4.69) is 50.9 Å². The summed E-state index contributed by atoms with van der Waals surface area (Å²) in [5, 5.41) is 0. The van der Waals surface area contributed by atoms with Crippen LogP contribution in [0.15, 0.2) is 46.9 Å². The van der Waals surface area contributed by atoms with Crippen molar-refractivity contribution in [3.05, 3.63) is 58.1 Å². The smallest absolute Gasteiger partial charge is 0.339 e. The summed E-state index contributed by atoms with van der Waals surface area (Å²) in [5.74, 6) is 2.06. The monoisotopic (exact) mass is 314 g/mol. The zero-order valence-corrected chi connectivity index (χ0v) is 11.9. The molecule has 0 bridgehead atoms. The van der Waals surface area contributed by atoms with Crippen LogP contribution >= 0.6 is 15.9 Å². The van der Waals surface area contributed by atoms with Gasteiger partial charge in [-0.25, -0.2) is 4.79 Å². The molecule has 0 saturated carbocycles. The molecule has 19 heavy (non-hydrogen) atoms. The van der Waals surface area contributed by atoms with Gasteiger partial charge in [0, 0.05) is 10.0 Å². The highest BCUT2D eigenvalue weighted by atomic mass is 79.9. The predicted molar refractivity (Wildman–Crippen MR) is 78.9 cm³/mol. The van der Waals surface area contributed by atoms with Gasteiger partial charge < -0.3 is 4.74 Å². The third-order valence-corrected chi connectivity index (χ3v) is 3.53. The second kappa shape index (κ2) is 5.73. The Hall–Kier alpha value is -2.05. The van der Waals surface area contributed by atoms with Crippen LogP contribution in [0.2, 0.25) is 0 Å². The van der Waals surface area contributed by atoms with Crippen molar-refractivity contribution in [1.29, 1.82) is 0 Å². The molecule has 0 heterocycles. The Morgan fingerprint density at radius 2 is 1.84 bits per heavy atom. The highest BCUT2D eigenvalue weighted by Gasteiger charge is 2.11. The molecular weight excluding hydrogens is 304 g/mol. The van der Waals surface area contributed by atoms with E-state index in [9.17, 15) is 4.79 Å². The van der Waals surface area contributed by atoms with Crippen molar-refractivity contribution in [2.45, 2.75) is 0 Å². The summed E-state index contributed by atoms with van der Waals surface area (Å²) >= 11 is 3.24. The van der Waals surface area contributed by atoms with Gasteiger partial charge in [0.25, 0.3) is 0 Å². The average molecular weight is 315 g/mol. The highest BCUT2D eigenvalue weighted by Crippen LogP contribution is 2.32. The lowest BCUT2D eigenvalue weighted by Gasteiger charge is -2.03. The largest absolute Gasteiger partial charge is 0.465 e. The topological polar surface area (TPSA) is 26.3 Å². The van der Waals surface area contributed by atoms with Crippen LogP contribution in [0.4, 0.5) is 0 Å². The lowest BCUT2D eigenvalue weighted by Crippen LogP contribution is -2.02. The zero-order valence-electron chi connectivity index (χ0n) is 10.3. The molecule has 1 aromatic rings. The van der Waals surface area contributed by atoms with E-state index in [1.54, 1.807) is 18.2 Å². The molecule has 0 unspecified atom stereocenters. The van der Waals surface area contributed by atoms with Crippen molar-refractivity contribution in [2.75, 3.05) is 7.11 Å². The molecule has 0 spiro atoms. The van der Waals surface area contributed by atoms with Crippen LogP contribution in [0.1, 0.15) is 15.9 Å². The van der Waals surface area contributed by atoms with Gasteiger partial charge in [0.05, 0.1) is 12.7 Å². The first-order valence-corrected chi connectivity index (χ1v) is 6.40. The molecule has 0 aliphatic heterocycles. The van der Waals surface area contributed by atoms with Crippen molar-refractivity contribution in [1.82, 2.24) is 0 Å². The Labute approximate surface area is 120 Å². The number of fused-ring (bicyclic) bond motifs is 1. The molecule has 1 aromatic carbocycles. The molecule has 0 atom stereocenters. The van der Waals surface area contributed by atoms with Crippen LogP contribution in [0, 0.1) is 12.3 Å². The Balaban J connectivity index is 0.000000180. The van der Waals surface area contributed by atoms with Gasteiger partial charge in [-0.05, 0) is 45.3 Å². The normalized spacial score (nSPS) is 9.74. The van der Waals surface area contributed by atoms with Gasteiger partial charge in [-0.1, -0.05) is 30.2 Å². The summed E-state index contributed by atoms with van der Waals surface area (Å²) < 4.78 is 5.18. The van der Waals surface area contributed by atoms with Crippen molar-refractivity contribution < 1.29 is 9.53 Å². The third kappa shape index (κ3) is 3.04. The van der Waals surface area contributed by atoms with Crippen LogP contribution in [-0.4, -0.2) is 13.1 Å². The quantitative estimate of drug-likeness (QED) is 0.503. The summed E-state index contributed by atoms with van der Waals surface area (Å²) in [6.45, 7) is 0. The van der Waals surface area contributed by atoms with Crippen molar-refractivity contribution in [3.63, 3.8) is 0 Å². The first-order valence-electron chi connectivity index (χ1n) is 5.61. The summed E-state index contributed by atoms with van der Waals surface area (Å²) in [7, 11) is 1.33. The van der Waals surface area contributed by atoms with Crippen LogP contribution in [0.3, 0.4) is 0 Å². The van der Waals surface area contributed by atoms with E-state index < -0.39 is 5.97 Å². The molecule has 3 rings (SSSR count). The van der Waals surface area contributed by atoms with Crippen LogP contribution in [-0.2, 0) is 4.74 Å². The van der Waals surface area contributed by atoms with Gasteiger partial charge in [-0.15, -0.1) is 6.42 Å². The molecule has 0 fully saturated rings. The number of benzene rings is 2. The van der Waals surface area contributed by atoms with Crippen LogP contribution in [0.5, 0.6) is 0 Å². The van der Waals surface area contributed by atoms with Crippen molar-refractivity contribution in [2.24, 2.45) is 0 Å². The molecular formula is C16H11BrO2. The number of halogens is 1. The van der Waals surface area contributed by atoms with E-state index in [4.69, 9.17) is 6.42 Å². The van der Waals surface area contributed by atoms with E-state index in [0.717, 1.165) is 0 Å². The lowest BCUT2D eigenvalue weighted by atomic mass is 10.1. The van der Waals surface area contributed by atoms with Crippen molar-refractivity contribution >= 4 is 21.9 Å². The fourth-order valence-corrected chi connectivity index (χ4v) is 2.13. The van der Waals surface area contributed by atoms with E-state index in [-0.39, 0.29) is 0 Å². The van der Waals surface area contributed by atoms with E-state index in [1.807, 2.05) is 0 Å². The van der Waals surface area contributed by atoms with Crippen LogP contribution in [0.25, 0.3) is 11.1 Å². The number of carbonyl (C=O) groups is 1. The maximum atomic E-state index is 11.2. The number of esters is 1. The van der Waals surface area contributed by atoms with Gasteiger partial charge in [0.15, 0.2) is 0 Å². The maximum absolute atomic E-state index is 11.2. The predicted octanol–water partition coefficient (Wildman–Crippen LogP) is 3.88. The first kappa shape index (κ1) is 13.4. The molecule has 94 valence electrons. The van der Waals surface area contributed by atoms with Gasteiger partial charge in [0.2, 0.25) is 0 Å². The molecule has 0 radical (unpaired) electrons. The fourth-order valence-electron chi connectivity index (χ4n) is 1.59. The fraction of sp³-hybridized carbons (Fsp3) is 0.0625. The zero-order chi connectivity index (χ0) is 13.8. The van der Waals surface area contributed by atoms with E-state index >= 15 is 0 Å². The number of hydrogen-bond acceptors (Lipinski definition) is 2. The number of rotatable bonds is 1. The minimum Gasteiger partial charge on any atom is -0.465 e. The minimum absolute atomic E-state index is 0.399. The molecule has 3 heteroatoms. The molecule has 2 nitrogen and oxygen atoms in total. The van der Waals surface area contributed by atoms with E-state index in [1.165, 1.54) is 18.2 Å². The van der Waals surface area contributed by atoms with Gasteiger partial charge in [-0.2, -0.15) is 0 Å². The van der Waals surface area contributed by atoms with Crippen LogP contribution < -0.4 is 0 Å². The van der Waals surface area contributed by atoms with E-state index in [0.29, 0.717) is 15.6 Å². The summed E-state index contributed by atoms with van der Waals surface area (Å²) in [6.07, 6.45) is 5.23. The molecule has 0 saturated heterocycles. The minimum atomic E-state index is -0.399. The number of carbonyl (C=O) groups excluding carboxylic acids is 1. The molecule has 0 amide bonds. The second-order valence-electron chi connectivity index (χ2n) is 3.88. The summed E-state index contributed by atoms with van der Waals surface area (Å²) in [6, 6.07) is 13.6. The SMILES string of the molecule is C#Cc1cccc(C(=O)OC)c1Br.c1cc2cc-2c1. The summed E-state index contributed by atoms with van der Waals surface area (Å²) in [4.78, 5) is 11.2. The highest BCUT2D eigenvalue weighted by molar-refractivity contribution is 9.10. The first-order chi connectivity index (χ1) is 9.17. The molecule has 2 aliphatic rings. The Bertz CT molecular complexity index is 651. The number of terminal acetylenes is 1. The standard InChI is InChI=1S/C10H7BrO2.C6H4/c1-3-7-5-4-6-8(9(7)11)10(12)13-2;1-2-5-4-6(5)3-1/h1,4-6H,2H3;1-4H. The number of hydrogen-bond donors (Lipinski definition) is 0. The second-order valence-corrected chi connectivity index (χ2v) is 4.68. The number of ether oxygens (including phenoxy) is 1. The van der Waals surface area contributed by atoms with Gasteiger partial charge in [0.1, 0.15) is 0 Å². The Kier molecular flexibility index (Phi) is 4.03. The summed E-state index contributed by atoms with van der Waals surface area (Å²) in [5.41, 5.74) is 3.94. The molecule has 2 aliphatic carbocycles. The van der Waals surface area contributed by atoms with Crippen molar-refractivity contribution in [3.8, 4) is 23.5 Å². The molecule has 0 aromatic heterocycles. The third-order valence-electron chi connectivity index (χ3n) is 2.67.